The van der Waals surface area contributed by atoms with Crippen molar-refractivity contribution in [3.63, 3.8) is 0 Å². The van der Waals surface area contributed by atoms with Crippen LogP contribution in [0.25, 0.3) is 21.8 Å². The predicted octanol–water partition coefficient (Wildman–Crippen LogP) is 3.35. The molecule has 0 bridgehead atoms. The van der Waals surface area contributed by atoms with Crippen LogP contribution >= 0.6 is 0 Å². The molecule has 0 unspecified atom stereocenters. The van der Waals surface area contributed by atoms with Crippen LogP contribution in [0.5, 0.6) is 0 Å². The van der Waals surface area contributed by atoms with Gasteiger partial charge >= 0.3 is 6.09 Å². The van der Waals surface area contributed by atoms with E-state index < -0.39 is 58.5 Å². The van der Waals surface area contributed by atoms with E-state index >= 15 is 0 Å². The molecule has 7 N–H and O–H groups in total. The molecular weight excluding hydrogens is 626 g/mol. The highest BCUT2D eigenvalue weighted by atomic mass is 16.6. The van der Waals surface area contributed by atoms with Crippen molar-refractivity contribution in [2.45, 2.75) is 90.1 Å². The molecule has 49 heavy (non-hydrogen) atoms. The van der Waals surface area contributed by atoms with E-state index in [9.17, 15) is 24.0 Å². The van der Waals surface area contributed by atoms with Gasteiger partial charge in [-0.1, -0.05) is 36.4 Å². The average Bonchev–Trinajstić information content (AvgIpc) is 3.62. The number of ether oxygens (including phenoxy) is 1. The molecule has 0 aliphatic heterocycles. The van der Waals surface area contributed by atoms with Crippen LogP contribution in [-0.4, -0.2) is 75.5 Å². The second kappa shape index (κ2) is 14.4. The zero-order valence-corrected chi connectivity index (χ0v) is 29.3. The van der Waals surface area contributed by atoms with Gasteiger partial charge in [-0.05, 0) is 71.7 Å². The first-order valence-electron chi connectivity index (χ1n) is 16.2. The summed E-state index contributed by atoms with van der Waals surface area (Å²) in [5.41, 5.74) is -0.404. The highest BCUT2D eigenvalue weighted by molar-refractivity contribution is 5.99. The number of amides is 5. The van der Waals surface area contributed by atoms with Gasteiger partial charge in [0.25, 0.3) is 0 Å². The second-order valence-electron chi connectivity index (χ2n) is 14.2. The molecule has 13 heteroatoms. The zero-order chi connectivity index (χ0) is 36.1. The molecule has 4 aromatic rings. The van der Waals surface area contributed by atoms with E-state index in [1.54, 1.807) is 33.2 Å². The van der Waals surface area contributed by atoms with Crippen LogP contribution in [0.4, 0.5) is 4.79 Å². The molecule has 2 heterocycles. The minimum absolute atomic E-state index is 0.109. The number of fused-ring (bicyclic) bond motifs is 2. The Morgan fingerprint density at radius 3 is 1.61 bits per heavy atom. The molecule has 0 spiro atoms. The van der Waals surface area contributed by atoms with Crippen LogP contribution in [-0.2, 0) is 36.8 Å². The number of likely N-dealkylation sites (N-methyl/N-ethyl adjacent to an activating group) is 1. The summed E-state index contributed by atoms with van der Waals surface area (Å²) in [4.78, 5) is 72.8. The SMILES string of the molecule is CNC(=O)[C@H](Cc1c[nH]c2ccccc12)NC(=O)C(C)(C)NC(=O)C(C)(C)NC(=O)[C@H](Cc1c[nH]c2ccccc12)NC(=O)OC(C)(C)C. The summed E-state index contributed by atoms with van der Waals surface area (Å²) in [6, 6.07) is 13.2. The maximum atomic E-state index is 13.7. The summed E-state index contributed by atoms with van der Waals surface area (Å²) >= 11 is 0. The molecule has 13 nitrogen and oxygen atoms in total. The van der Waals surface area contributed by atoms with E-state index in [1.165, 1.54) is 34.7 Å². The number of H-pyrrole nitrogens is 2. The number of nitrogens with one attached hydrogen (secondary N) is 7. The molecule has 2 atom stereocenters. The summed E-state index contributed by atoms with van der Waals surface area (Å²) in [5, 5.41) is 15.3. The number of para-hydroxylation sites is 2. The lowest BCUT2D eigenvalue weighted by Crippen LogP contribution is -2.65. The Morgan fingerprint density at radius 2 is 1.12 bits per heavy atom. The summed E-state index contributed by atoms with van der Waals surface area (Å²) in [6.07, 6.45) is 3.10. The topological polar surface area (TPSA) is 186 Å². The third kappa shape index (κ3) is 9.18. The fraction of sp³-hybridized carbons (Fsp3) is 0.417. The molecular formula is C36H47N7O6. The van der Waals surface area contributed by atoms with Crippen molar-refractivity contribution in [2.75, 3.05) is 7.05 Å². The van der Waals surface area contributed by atoms with E-state index in [-0.39, 0.29) is 12.8 Å². The van der Waals surface area contributed by atoms with Gasteiger partial charge < -0.3 is 41.3 Å². The number of benzene rings is 2. The highest BCUT2D eigenvalue weighted by Gasteiger charge is 2.39. The Morgan fingerprint density at radius 1 is 0.653 bits per heavy atom. The van der Waals surface area contributed by atoms with Gasteiger partial charge in [-0.2, -0.15) is 0 Å². The van der Waals surface area contributed by atoms with Crippen molar-refractivity contribution in [1.82, 2.24) is 36.6 Å². The van der Waals surface area contributed by atoms with E-state index in [0.717, 1.165) is 32.9 Å². The number of alkyl carbamates (subject to hydrolysis) is 1. The molecule has 0 aliphatic carbocycles. The lowest BCUT2D eigenvalue weighted by atomic mass is 9.96. The first kappa shape index (κ1) is 36.5. The maximum Gasteiger partial charge on any atom is 0.408 e. The van der Waals surface area contributed by atoms with E-state index in [2.05, 4.69) is 36.6 Å². The summed E-state index contributed by atoms with van der Waals surface area (Å²) in [6.45, 7) is 11.1. The fourth-order valence-electron chi connectivity index (χ4n) is 5.37. The van der Waals surface area contributed by atoms with Gasteiger partial charge in [0, 0.05) is 54.1 Å². The van der Waals surface area contributed by atoms with Crippen LogP contribution in [0.2, 0.25) is 0 Å². The molecule has 0 saturated carbocycles. The lowest BCUT2D eigenvalue weighted by molar-refractivity contribution is -0.138. The standard InChI is InChI=1S/C36H47N7O6/c1-34(2,3)49-33(48)41-28(18-22-20-39-26-16-12-10-14-24(22)26)30(45)42-36(6,7)32(47)43-35(4,5)31(46)40-27(29(44)37-8)17-21-19-38-25-15-11-9-13-23(21)25/h9-16,19-20,27-28,38-39H,17-18H2,1-8H3,(H,37,44)(H,40,46)(H,41,48)(H,42,45)(H,43,47)/t27-,28-/m0/s1. The second-order valence-corrected chi connectivity index (χ2v) is 14.2. The van der Waals surface area contributed by atoms with E-state index in [4.69, 9.17) is 4.74 Å². The van der Waals surface area contributed by atoms with Gasteiger partial charge in [0.15, 0.2) is 0 Å². The molecule has 262 valence electrons. The molecule has 0 saturated heterocycles. The molecule has 2 aromatic carbocycles. The van der Waals surface area contributed by atoms with Crippen molar-refractivity contribution in [2.24, 2.45) is 0 Å². The van der Waals surface area contributed by atoms with Crippen LogP contribution in [0.3, 0.4) is 0 Å². The largest absolute Gasteiger partial charge is 0.444 e. The molecule has 0 radical (unpaired) electrons. The average molecular weight is 674 g/mol. The van der Waals surface area contributed by atoms with Gasteiger partial charge in [0.1, 0.15) is 28.8 Å². The number of hydrogen-bond acceptors (Lipinski definition) is 6. The number of carbonyl (C=O) groups excluding carboxylic acids is 5. The fourth-order valence-corrected chi connectivity index (χ4v) is 5.37. The van der Waals surface area contributed by atoms with Gasteiger partial charge in [0.05, 0.1) is 0 Å². The van der Waals surface area contributed by atoms with Crippen molar-refractivity contribution >= 4 is 51.5 Å². The molecule has 5 amide bonds. The van der Waals surface area contributed by atoms with E-state index in [1.807, 2.05) is 48.5 Å². The summed E-state index contributed by atoms with van der Waals surface area (Å²) < 4.78 is 5.41. The summed E-state index contributed by atoms with van der Waals surface area (Å²) in [7, 11) is 1.48. The monoisotopic (exact) mass is 673 g/mol. The minimum atomic E-state index is -1.52. The van der Waals surface area contributed by atoms with Gasteiger partial charge in [0.2, 0.25) is 23.6 Å². The van der Waals surface area contributed by atoms with Crippen LogP contribution in [0.15, 0.2) is 60.9 Å². The lowest BCUT2D eigenvalue weighted by Gasteiger charge is -2.33. The van der Waals surface area contributed by atoms with Gasteiger partial charge in [-0.15, -0.1) is 0 Å². The smallest absolute Gasteiger partial charge is 0.408 e. The predicted molar refractivity (Wildman–Crippen MR) is 188 cm³/mol. The first-order valence-corrected chi connectivity index (χ1v) is 16.2. The minimum Gasteiger partial charge on any atom is -0.444 e. The Balaban J connectivity index is 1.46. The van der Waals surface area contributed by atoms with Gasteiger partial charge in [-0.3, -0.25) is 19.2 Å². The number of carbonyl (C=O) groups is 5. The normalized spacial score (nSPS) is 13.3. The van der Waals surface area contributed by atoms with Crippen molar-refractivity contribution in [3.05, 3.63) is 72.1 Å². The summed E-state index contributed by atoms with van der Waals surface area (Å²) in [5.74, 6) is -2.28. The number of rotatable bonds is 12. The number of aromatic amines is 2. The third-order valence-corrected chi connectivity index (χ3v) is 8.07. The first-order chi connectivity index (χ1) is 22.9. The quantitative estimate of drug-likeness (QED) is 0.121. The Hall–Kier alpha value is -5.33. The zero-order valence-electron chi connectivity index (χ0n) is 29.3. The maximum absolute atomic E-state index is 13.7. The number of aromatic nitrogens is 2. The van der Waals surface area contributed by atoms with Crippen molar-refractivity contribution < 1.29 is 28.7 Å². The Kier molecular flexibility index (Phi) is 10.7. The van der Waals surface area contributed by atoms with Crippen molar-refractivity contribution in [1.29, 1.82) is 0 Å². The molecule has 4 rings (SSSR count). The van der Waals surface area contributed by atoms with Crippen LogP contribution in [0.1, 0.15) is 59.6 Å². The number of hydrogen-bond donors (Lipinski definition) is 7. The molecule has 2 aromatic heterocycles. The van der Waals surface area contributed by atoms with Gasteiger partial charge in [-0.25, -0.2) is 4.79 Å². The molecule has 0 fully saturated rings. The van der Waals surface area contributed by atoms with Crippen LogP contribution < -0.4 is 26.6 Å². The Labute approximate surface area is 285 Å². The highest BCUT2D eigenvalue weighted by Crippen LogP contribution is 2.21. The van der Waals surface area contributed by atoms with E-state index in [0.29, 0.717) is 0 Å². The third-order valence-electron chi connectivity index (χ3n) is 8.07. The van der Waals surface area contributed by atoms with Crippen LogP contribution in [0, 0.1) is 0 Å². The Bertz CT molecular complexity index is 1850. The molecule has 0 aliphatic rings. The van der Waals surface area contributed by atoms with Crippen molar-refractivity contribution in [3.8, 4) is 0 Å².